The van der Waals surface area contributed by atoms with E-state index in [9.17, 15) is 9.59 Å². The highest BCUT2D eigenvalue weighted by atomic mass is 16.5. The Morgan fingerprint density at radius 1 is 1.22 bits per heavy atom. The number of nitrogens with zero attached hydrogens (tertiary/aromatic N) is 1. The maximum absolute atomic E-state index is 12.4. The summed E-state index contributed by atoms with van der Waals surface area (Å²) >= 11 is 0. The molecule has 140 valence electrons. The van der Waals surface area contributed by atoms with Crippen LogP contribution in [0.2, 0.25) is 0 Å². The van der Waals surface area contributed by atoms with E-state index >= 15 is 0 Å². The Labute approximate surface area is 157 Å². The normalized spacial score (nSPS) is 10.8. The summed E-state index contributed by atoms with van der Waals surface area (Å²) < 4.78 is 5.18. The van der Waals surface area contributed by atoms with Crippen LogP contribution in [0, 0.1) is 20.8 Å². The van der Waals surface area contributed by atoms with Crippen molar-refractivity contribution in [3.63, 3.8) is 0 Å². The maximum atomic E-state index is 12.4. The van der Waals surface area contributed by atoms with Crippen LogP contribution in [0.15, 0.2) is 35.3 Å². The molecule has 0 bridgehead atoms. The Kier molecular flexibility index (Phi) is 5.26. The summed E-state index contributed by atoms with van der Waals surface area (Å²) in [5.41, 5.74) is 5.02. The number of H-pyrrole nitrogens is 1. The van der Waals surface area contributed by atoms with E-state index in [-0.39, 0.29) is 12.2 Å². The number of rotatable bonds is 5. The smallest absolute Gasteiger partial charge is 0.341 e. The van der Waals surface area contributed by atoms with E-state index in [0.29, 0.717) is 23.4 Å². The molecule has 0 aliphatic carbocycles. The topological polar surface area (TPSA) is 84.1 Å². The maximum Gasteiger partial charge on any atom is 0.341 e. The fourth-order valence-corrected chi connectivity index (χ4v) is 3.14. The quantitative estimate of drug-likeness (QED) is 0.675. The number of aromatic amines is 1. The average Bonchev–Trinajstić information content (AvgIpc) is 2.60. The van der Waals surface area contributed by atoms with Crippen LogP contribution < -0.4 is 10.9 Å². The lowest BCUT2D eigenvalue weighted by molar-refractivity contribution is 0.0527. The van der Waals surface area contributed by atoms with Gasteiger partial charge in [-0.25, -0.2) is 4.79 Å². The van der Waals surface area contributed by atoms with E-state index in [4.69, 9.17) is 4.74 Å². The van der Waals surface area contributed by atoms with Gasteiger partial charge in [-0.1, -0.05) is 11.6 Å². The number of aryl methyl sites for hydroxylation is 3. The van der Waals surface area contributed by atoms with E-state index in [0.717, 1.165) is 27.7 Å². The standard InChI is InChI=1S/C21H23N3O3/c1-5-27-21(26)17-11-22-18-7-6-12(2)8-15(18)19(17)23-10-16-13(3)9-14(4)24-20(16)25/h6-9,11H,5,10H2,1-4H3,(H,22,23)(H,24,25). The monoisotopic (exact) mass is 365 g/mol. The van der Waals surface area contributed by atoms with Crippen LogP contribution in [0.1, 0.15) is 39.7 Å². The SMILES string of the molecule is CCOC(=O)c1cnc2ccc(C)cc2c1NCc1c(C)cc(C)[nH]c1=O. The molecular formula is C21H23N3O3. The zero-order valence-corrected chi connectivity index (χ0v) is 16.0. The van der Waals surface area contributed by atoms with Crippen LogP contribution in [0.4, 0.5) is 5.69 Å². The van der Waals surface area contributed by atoms with Crippen molar-refractivity contribution in [3.8, 4) is 0 Å². The number of ether oxygens (including phenoxy) is 1. The minimum Gasteiger partial charge on any atom is -0.462 e. The molecule has 27 heavy (non-hydrogen) atoms. The van der Waals surface area contributed by atoms with E-state index < -0.39 is 5.97 Å². The fraction of sp³-hybridized carbons (Fsp3) is 0.286. The van der Waals surface area contributed by atoms with Crippen molar-refractivity contribution in [1.29, 1.82) is 0 Å². The summed E-state index contributed by atoms with van der Waals surface area (Å²) in [6.45, 7) is 8.07. The summed E-state index contributed by atoms with van der Waals surface area (Å²) in [6.07, 6.45) is 1.52. The average molecular weight is 365 g/mol. The Bertz CT molecular complexity index is 1070. The molecule has 2 heterocycles. The van der Waals surface area contributed by atoms with Gasteiger partial charge in [0.05, 0.1) is 17.8 Å². The number of carbonyl (C=O) groups is 1. The summed E-state index contributed by atoms with van der Waals surface area (Å²) in [5, 5.41) is 4.10. The molecule has 0 aliphatic rings. The fourth-order valence-electron chi connectivity index (χ4n) is 3.14. The molecule has 2 aromatic heterocycles. The second-order valence-corrected chi connectivity index (χ2v) is 6.58. The molecule has 0 spiro atoms. The van der Waals surface area contributed by atoms with Gasteiger partial charge in [0, 0.05) is 29.4 Å². The summed E-state index contributed by atoms with van der Waals surface area (Å²) in [4.78, 5) is 31.9. The number of aromatic nitrogens is 2. The van der Waals surface area contributed by atoms with Gasteiger partial charge in [-0.3, -0.25) is 9.78 Å². The first-order chi connectivity index (χ1) is 12.9. The van der Waals surface area contributed by atoms with Gasteiger partial charge in [0.2, 0.25) is 0 Å². The highest BCUT2D eigenvalue weighted by molar-refractivity contribution is 6.05. The third-order valence-electron chi connectivity index (χ3n) is 4.45. The highest BCUT2D eigenvalue weighted by Gasteiger charge is 2.17. The first kappa shape index (κ1) is 18.6. The lowest BCUT2D eigenvalue weighted by Crippen LogP contribution is -2.19. The number of hydrogen-bond donors (Lipinski definition) is 2. The Balaban J connectivity index is 2.08. The van der Waals surface area contributed by atoms with Gasteiger partial charge in [-0.2, -0.15) is 0 Å². The molecular weight excluding hydrogens is 342 g/mol. The first-order valence-electron chi connectivity index (χ1n) is 8.90. The van der Waals surface area contributed by atoms with Gasteiger partial charge in [0.1, 0.15) is 5.56 Å². The van der Waals surface area contributed by atoms with E-state index in [1.165, 1.54) is 6.20 Å². The van der Waals surface area contributed by atoms with Crippen LogP contribution in [-0.2, 0) is 11.3 Å². The van der Waals surface area contributed by atoms with Crippen LogP contribution in [-0.4, -0.2) is 22.5 Å². The number of nitrogens with one attached hydrogen (secondary N) is 2. The summed E-state index contributed by atoms with van der Waals surface area (Å²) in [7, 11) is 0. The van der Waals surface area contributed by atoms with Crippen molar-refractivity contribution < 1.29 is 9.53 Å². The van der Waals surface area contributed by atoms with E-state index in [2.05, 4.69) is 15.3 Å². The van der Waals surface area contributed by atoms with Gasteiger partial charge in [-0.05, 0) is 51.5 Å². The molecule has 0 saturated heterocycles. The molecule has 0 radical (unpaired) electrons. The first-order valence-corrected chi connectivity index (χ1v) is 8.90. The van der Waals surface area contributed by atoms with Gasteiger partial charge < -0.3 is 15.0 Å². The van der Waals surface area contributed by atoms with E-state index in [1.807, 2.05) is 45.0 Å². The van der Waals surface area contributed by atoms with Crippen molar-refractivity contribution in [2.75, 3.05) is 11.9 Å². The van der Waals surface area contributed by atoms with Gasteiger partial charge in [0.25, 0.3) is 5.56 Å². The molecule has 2 N–H and O–H groups in total. The van der Waals surface area contributed by atoms with Crippen LogP contribution in [0.25, 0.3) is 10.9 Å². The molecule has 0 amide bonds. The lowest BCUT2D eigenvalue weighted by Gasteiger charge is -2.15. The molecule has 0 saturated carbocycles. The van der Waals surface area contributed by atoms with Gasteiger partial charge >= 0.3 is 5.97 Å². The Morgan fingerprint density at radius 2 is 2.00 bits per heavy atom. The number of carbonyl (C=O) groups excluding carboxylic acids is 1. The third kappa shape index (κ3) is 3.84. The summed E-state index contributed by atoms with van der Waals surface area (Å²) in [5.74, 6) is -0.439. The summed E-state index contributed by atoms with van der Waals surface area (Å²) in [6, 6.07) is 7.78. The largest absolute Gasteiger partial charge is 0.462 e. The Hall–Kier alpha value is -3.15. The molecule has 0 aliphatic heterocycles. The molecule has 0 atom stereocenters. The Morgan fingerprint density at radius 3 is 2.70 bits per heavy atom. The predicted octanol–water partition coefficient (Wildman–Crippen LogP) is 3.64. The second-order valence-electron chi connectivity index (χ2n) is 6.58. The van der Waals surface area contributed by atoms with E-state index in [1.54, 1.807) is 6.92 Å². The van der Waals surface area contributed by atoms with Crippen LogP contribution >= 0.6 is 0 Å². The molecule has 6 nitrogen and oxygen atoms in total. The minimum absolute atomic E-state index is 0.132. The lowest BCUT2D eigenvalue weighted by atomic mass is 10.1. The van der Waals surface area contributed by atoms with Crippen molar-refractivity contribution in [3.05, 3.63) is 68.8 Å². The number of benzene rings is 1. The van der Waals surface area contributed by atoms with Crippen molar-refractivity contribution in [2.24, 2.45) is 0 Å². The second kappa shape index (κ2) is 7.61. The molecule has 0 fully saturated rings. The van der Waals surface area contributed by atoms with Crippen LogP contribution in [0.3, 0.4) is 0 Å². The third-order valence-corrected chi connectivity index (χ3v) is 4.45. The number of esters is 1. The number of hydrogen-bond acceptors (Lipinski definition) is 5. The van der Waals surface area contributed by atoms with Crippen molar-refractivity contribution in [1.82, 2.24) is 9.97 Å². The zero-order chi connectivity index (χ0) is 19.6. The predicted molar refractivity (Wildman–Crippen MR) is 106 cm³/mol. The number of anilines is 1. The molecule has 3 aromatic rings. The zero-order valence-electron chi connectivity index (χ0n) is 16.0. The van der Waals surface area contributed by atoms with Crippen molar-refractivity contribution in [2.45, 2.75) is 34.2 Å². The molecule has 0 unspecified atom stereocenters. The van der Waals surface area contributed by atoms with Gasteiger partial charge in [0.15, 0.2) is 0 Å². The minimum atomic E-state index is -0.439. The van der Waals surface area contributed by atoms with Gasteiger partial charge in [-0.15, -0.1) is 0 Å². The molecule has 3 rings (SSSR count). The van der Waals surface area contributed by atoms with Crippen LogP contribution in [0.5, 0.6) is 0 Å². The number of pyridine rings is 2. The molecule has 1 aromatic carbocycles. The highest BCUT2D eigenvalue weighted by Crippen LogP contribution is 2.28. The molecule has 6 heteroatoms. The number of fused-ring (bicyclic) bond motifs is 1. The van der Waals surface area contributed by atoms with Crippen molar-refractivity contribution >= 4 is 22.6 Å².